The molecule has 2 aliphatic heterocycles. The van der Waals surface area contributed by atoms with Crippen LogP contribution in [-0.4, -0.2) is 90.5 Å². The minimum Gasteiger partial charge on any atom is -0.357 e. The van der Waals surface area contributed by atoms with Crippen molar-refractivity contribution in [3.05, 3.63) is 16.1 Å². The highest BCUT2D eigenvalue weighted by Crippen LogP contribution is 2.24. The Kier molecular flexibility index (Phi) is 8.72. The van der Waals surface area contributed by atoms with E-state index in [9.17, 15) is 4.79 Å². The minimum atomic E-state index is 0.0992. The van der Waals surface area contributed by atoms with Crippen LogP contribution in [0.5, 0.6) is 0 Å². The molecule has 1 N–H and O–H groups in total. The summed E-state index contributed by atoms with van der Waals surface area (Å²) in [4.78, 5) is 28.9. The molecule has 0 unspecified atom stereocenters. The van der Waals surface area contributed by atoms with Crippen molar-refractivity contribution in [2.24, 2.45) is 4.99 Å². The Balaban J connectivity index is 1.46. The van der Waals surface area contributed by atoms with Gasteiger partial charge in [-0.1, -0.05) is 20.8 Å². The predicted octanol–water partition coefficient (Wildman–Crippen LogP) is 2.58. The van der Waals surface area contributed by atoms with Crippen LogP contribution in [0.15, 0.2) is 10.4 Å². The summed E-state index contributed by atoms with van der Waals surface area (Å²) >= 11 is 1.74. The summed E-state index contributed by atoms with van der Waals surface area (Å²) in [6.07, 6.45) is 4.44. The Hall–Kier alpha value is -1.67. The summed E-state index contributed by atoms with van der Waals surface area (Å²) in [7, 11) is 0. The molecule has 0 bridgehead atoms. The maximum absolute atomic E-state index is 12.6. The van der Waals surface area contributed by atoms with E-state index in [0.717, 1.165) is 82.6 Å². The van der Waals surface area contributed by atoms with Gasteiger partial charge >= 0.3 is 0 Å². The van der Waals surface area contributed by atoms with E-state index < -0.39 is 0 Å². The fraction of sp³-hybridized carbons (Fsp3) is 0.783. The number of carbonyl (C=O) groups excluding carboxylic acids is 1. The lowest BCUT2D eigenvalue weighted by molar-refractivity contribution is -0.133. The smallest absolute Gasteiger partial charge is 0.236 e. The second kappa shape index (κ2) is 11.3. The third kappa shape index (κ3) is 7.17. The number of likely N-dealkylation sites (tertiary alicyclic amines) is 1. The number of aromatic nitrogens is 1. The lowest BCUT2D eigenvalue weighted by atomic mass is 9.93. The Labute approximate surface area is 191 Å². The molecule has 2 fully saturated rings. The largest absolute Gasteiger partial charge is 0.357 e. The molecule has 174 valence electrons. The van der Waals surface area contributed by atoms with Crippen molar-refractivity contribution >= 4 is 23.2 Å². The van der Waals surface area contributed by atoms with Crippen molar-refractivity contribution < 1.29 is 4.79 Å². The number of hydrogen-bond acceptors (Lipinski definition) is 5. The number of piperidine rings is 1. The van der Waals surface area contributed by atoms with Gasteiger partial charge in [0.25, 0.3) is 0 Å². The van der Waals surface area contributed by atoms with Crippen molar-refractivity contribution in [2.45, 2.75) is 58.8 Å². The van der Waals surface area contributed by atoms with E-state index in [1.807, 2.05) is 4.90 Å². The second-order valence-corrected chi connectivity index (χ2v) is 10.5. The summed E-state index contributed by atoms with van der Waals surface area (Å²) in [5, 5.41) is 6.77. The molecule has 31 heavy (non-hydrogen) atoms. The van der Waals surface area contributed by atoms with E-state index in [-0.39, 0.29) is 5.41 Å². The molecule has 8 heteroatoms. The number of thiazole rings is 1. The molecular weight excluding hydrogens is 408 g/mol. The van der Waals surface area contributed by atoms with Crippen LogP contribution in [0.1, 0.15) is 57.7 Å². The molecule has 2 saturated heterocycles. The topological polar surface area (TPSA) is 64.1 Å². The van der Waals surface area contributed by atoms with E-state index in [0.29, 0.717) is 12.5 Å². The van der Waals surface area contributed by atoms with Crippen LogP contribution in [0.2, 0.25) is 0 Å². The molecule has 0 aromatic carbocycles. The summed E-state index contributed by atoms with van der Waals surface area (Å²) in [5.41, 5.74) is 1.26. The van der Waals surface area contributed by atoms with Gasteiger partial charge in [-0.05, 0) is 26.2 Å². The minimum absolute atomic E-state index is 0.0992. The number of guanidine groups is 1. The summed E-state index contributed by atoms with van der Waals surface area (Å²) in [6.45, 7) is 16.4. The monoisotopic (exact) mass is 448 g/mol. The van der Waals surface area contributed by atoms with Crippen LogP contribution in [0.3, 0.4) is 0 Å². The van der Waals surface area contributed by atoms with Crippen molar-refractivity contribution in [1.29, 1.82) is 0 Å². The van der Waals surface area contributed by atoms with Crippen molar-refractivity contribution in [1.82, 2.24) is 25.0 Å². The van der Waals surface area contributed by atoms with E-state index in [4.69, 9.17) is 9.98 Å². The van der Waals surface area contributed by atoms with Gasteiger partial charge in [0.05, 0.1) is 17.2 Å². The Bertz CT molecular complexity index is 727. The van der Waals surface area contributed by atoms with Gasteiger partial charge in [-0.15, -0.1) is 11.3 Å². The third-order valence-corrected chi connectivity index (χ3v) is 6.89. The highest BCUT2D eigenvalue weighted by molar-refractivity contribution is 7.09. The molecule has 3 rings (SSSR count). The number of nitrogens with zero attached hydrogens (tertiary/aromatic N) is 5. The molecule has 2 aliphatic rings. The maximum atomic E-state index is 12.6. The van der Waals surface area contributed by atoms with Crippen LogP contribution in [0.4, 0.5) is 0 Å². The maximum Gasteiger partial charge on any atom is 0.236 e. The average Bonchev–Trinajstić information content (AvgIpc) is 3.24. The van der Waals surface area contributed by atoms with Crippen LogP contribution in [0.25, 0.3) is 0 Å². The first kappa shape index (κ1) is 24.0. The SMILES string of the molecule is CCNC(=NCCc1nc(C(C)(C)C)cs1)N1CCN(CC(=O)N2CCCCC2)CC1. The van der Waals surface area contributed by atoms with E-state index in [1.54, 1.807) is 11.3 Å². The van der Waals surface area contributed by atoms with Crippen LogP contribution < -0.4 is 5.32 Å². The fourth-order valence-corrected chi connectivity index (χ4v) is 5.02. The number of hydrogen-bond donors (Lipinski definition) is 1. The molecule has 0 aliphatic carbocycles. The van der Waals surface area contributed by atoms with Crippen LogP contribution in [-0.2, 0) is 16.6 Å². The Morgan fingerprint density at radius 3 is 2.42 bits per heavy atom. The molecule has 0 spiro atoms. The van der Waals surface area contributed by atoms with Crippen molar-refractivity contribution in [3.8, 4) is 0 Å². The standard InChI is InChI=1S/C23H40N6OS/c1-5-24-22(25-10-9-20-26-19(18-31-20)23(2,3)4)29-15-13-27(14-16-29)17-21(30)28-11-7-6-8-12-28/h18H,5-17H2,1-4H3,(H,24,25). The third-order valence-electron chi connectivity index (χ3n) is 5.98. The summed E-state index contributed by atoms with van der Waals surface area (Å²) < 4.78 is 0. The average molecular weight is 449 g/mol. The Morgan fingerprint density at radius 1 is 1.10 bits per heavy atom. The van der Waals surface area contributed by atoms with E-state index in [2.05, 4.69) is 48.2 Å². The second-order valence-electron chi connectivity index (χ2n) is 9.57. The van der Waals surface area contributed by atoms with Gasteiger partial charge in [0.15, 0.2) is 5.96 Å². The normalized spacial score (nSPS) is 19.0. The van der Waals surface area contributed by atoms with Gasteiger partial charge in [0, 0.05) is 69.6 Å². The molecule has 3 heterocycles. The molecule has 1 aromatic heterocycles. The van der Waals surface area contributed by atoms with Crippen LogP contribution in [0, 0.1) is 0 Å². The van der Waals surface area contributed by atoms with Gasteiger partial charge < -0.3 is 15.1 Å². The van der Waals surface area contributed by atoms with Gasteiger partial charge in [-0.3, -0.25) is 14.7 Å². The first-order valence-electron chi connectivity index (χ1n) is 11.8. The fourth-order valence-electron chi connectivity index (χ4n) is 4.01. The van der Waals surface area contributed by atoms with Gasteiger partial charge in [0.2, 0.25) is 5.91 Å². The zero-order valence-corrected chi connectivity index (χ0v) is 20.6. The van der Waals surface area contributed by atoms with Crippen molar-refractivity contribution in [3.63, 3.8) is 0 Å². The molecule has 0 saturated carbocycles. The number of rotatable bonds is 6. The van der Waals surface area contributed by atoms with Gasteiger partial charge in [0.1, 0.15) is 0 Å². The summed E-state index contributed by atoms with van der Waals surface area (Å²) in [5.74, 6) is 1.28. The van der Waals surface area contributed by atoms with E-state index >= 15 is 0 Å². The molecule has 1 aromatic rings. The van der Waals surface area contributed by atoms with Crippen LogP contribution >= 0.6 is 11.3 Å². The zero-order chi connectivity index (χ0) is 22.3. The molecular formula is C23H40N6OS. The lowest BCUT2D eigenvalue weighted by Crippen LogP contribution is -2.54. The number of amides is 1. The Morgan fingerprint density at radius 2 is 1.81 bits per heavy atom. The zero-order valence-electron chi connectivity index (χ0n) is 19.8. The quantitative estimate of drug-likeness (QED) is 0.535. The number of nitrogens with one attached hydrogen (secondary N) is 1. The predicted molar refractivity (Wildman–Crippen MR) is 129 cm³/mol. The highest BCUT2D eigenvalue weighted by atomic mass is 32.1. The number of piperazine rings is 1. The molecule has 1 amide bonds. The molecule has 0 atom stereocenters. The molecule has 0 radical (unpaired) electrons. The summed E-state index contributed by atoms with van der Waals surface area (Å²) in [6, 6.07) is 0. The van der Waals surface area contributed by atoms with Gasteiger partial charge in [-0.25, -0.2) is 4.98 Å². The first-order chi connectivity index (χ1) is 14.9. The van der Waals surface area contributed by atoms with Gasteiger partial charge in [-0.2, -0.15) is 0 Å². The number of aliphatic imine (C=N–C) groups is 1. The van der Waals surface area contributed by atoms with E-state index in [1.165, 1.54) is 12.1 Å². The first-order valence-corrected chi connectivity index (χ1v) is 12.7. The highest BCUT2D eigenvalue weighted by Gasteiger charge is 2.24. The molecule has 7 nitrogen and oxygen atoms in total. The lowest BCUT2D eigenvalue weighted by Gasteiger charge is -2.37. The number of carbonyl (C=O) groups is 1. The van der Waals surface area contributed by atoms with Crippen molar-refractivity contribution in [2.75, 3.05) is 58.9 Å².